The van der Waals surface area contributed by atoms with Gasteiger partial charge in [-0.25, -0.2) is 9.37 Å². The minimum atomic E-state index is -0.230. The number of hydrogen-bond acceptors (Lipinski definition) is 3. The second-order valence-electron chi connectivity index (χ2n) is 3.69. The smallest absolute Gasteiger partial charge is 0.137 e. The quantitative estimate of drug-likeness (QED) is 0.926. The van der Waals surface area contributed by atoms with Crippen molar-refractivity contribution in [3.63, 3.8) is 0 Å². The van der Waals surface area contributed by atoms with Crippen LogP contribution in [0.4, 0.5) is 4.39 Å². The summed E-state index contributed by atoms with van der Waals surface area (Å²) >= 11 is 4.87. The van der Waals surface area contributed by atoms with Crippen LogP contribution in [-0.4, -0.2) is 4.98 Å². The Morgan fingerprint density at radius 3 is 3.06 bits per heavy atom. The first-order chi connectivity index (χ1) is 8.18. The van der Waals surface area contributed by atoms with Gasteiger partial charge in [-0.3, -0.25) is 0 Å². The lowest BCUT2D eigenvalue weighted by Gasteiger charge is -2.12. The zero-order valence-corrected chi connectivity index (χ0v) is 11.7. The topological polar surface area (TPSA) is 24.9 Å². The van der Waals surface area contributed by atoms with Gasteiger partial charge in [-0.05, 0) is 34.5 Å². The van der Waals surface area contributed by atoms with Crippen LogP contribution in [0.2, 0.25) is 0 Å². The van der Waals surface area contributed by atoms with Crippen molar-refractivity contribution in [3.8, 4) is 0 Å². The van der Waals surface area contributed by atoms with E-state index in [2.05, 4.69) is 26.2 Å². The van der Waals surface area contributed by atoms with Gasteiger partial charge < -0.3 is 5.32 Å². The monoisotopic (exact) mass is 314 g/mol. The van der Waals surface area contributed by atoms with Crippen molar-refractivity contribution in [1.29, 1.82) is 0 Å². The molecule has 17 heavy (non-hydrogen) atoms. The fraction of sp³-hybridized carbons (Fsp3) is 0.250. The van der Waals surface area contributed by atoms with Crippen LogP contribution in [0.3, 0.4) is 0 Å². The van der Waals surface area contributed by atoms with Crippen LogP contribution in [0.1, 0.15) is 23.5 Å². The molecule has 5 heteroatoms. The van der Waals surface area contributed by atoms with Gasteiger partial charge in [0.1, 0.15) is 10.8 Å². The van der Waals surface area contributed by atoms with Gasteiger partial charge in [-0.1, -0.05) is 12.1 Å². The summed E-state index contributed by atoms with van der Waals surface area (Å²) in [7, 11) is 0. The maximum atomic E-state index is 13.3. The van der Waals surface area contributed by atoms with Gasteiger partial charge in [0.05, 0.1) is 10.5 Å². The van der Waals surface area contributed by atoms with E-state index in [-0.39, 0.29) is 11.9 Å². The Hall–Kier alpha value is -0.780. The van der Waals surface area contributed by atoms with Gasteiger partial charge in [0.25, 0.3) is 0 Å². The molecule has 0 aliphatic carbocycles. The molecular weight excluding hydrogens is 303 g/mol. The zero-order chi connectivity index (χ0) is 12.3. The third-order valence-corrected chi connectivity index (χ3v) is 4.30. The molecule has 1 aromatic carbocycles. The molecule has 1 atom stereocenters. The number of nitrogens with zero attached hydrogens (tertiary/aromatic N) is 1. The van der Waals surface area contributed by atoms with E-state index < -0.39 is 0 Å². The maximum absolute atomic E-state index is 13.3. The van der Waals surface area contributed by atoms with Gasteiger partial charge in [0, 0.05) is 18.1 Å². The molecule has 90 valence electrons. The molecule has 2 nitrogen and oxygen atoms in total. The second kappa shape index (κ2) is 5.71. The summed E-state index contributed by atoms with van der Waals surface area (Å²) in [6.45, 7) is 2.66. The molecular formula is C12H12BrFN2S. The van der Waals surface area contributed by atoms with Gasteiger partial charge in [-0.2, -0.15) is 0 Å². The summed E-state index contributed by atoms with van der Waals surface area (Å²) in [6, 6.07) is 5.22. The van der Waals surface area contributed by atoms with E-state index in [1.807, 2.05) is 18.4 Å². The maximum Gasteiger partial charge on any atom is 0.137 e. The van der Waals surface area contributed by atoms with Crippen LogP contribution in [0.15, 0.2) is 34.2 Å². The average Bonchev–Trinajstić information content (AvgIpc) is 2.84. The van der Waals surface area contributed by atoms with Gasteiger partial charge in [-0.15, -0.1) is 11.3 Å². The molecule has 2 aromatic rings. The summed E-state index contributed by atoms with van der Waals surface area (Å²) in [4.78, 5) is 4.24. The third kappa shape index (κ3) is 3.12. The van der Waals surface area contributed by atoms with Crippen LogP contribution >= 0.6 is 27.3 Å². The fourth-order valence-corrected chi connectivity index (χ4v) is 2.56. The van der Waals surface area contributed by atoms with Crippen LogP contribution < -0.4 is 5.32 Å². The Bertz CT molecular complexity index is 487. The summed E-state index contributed by atoms with van der Waals surface area (Å²) in [5.74, 6) is -0.230. The summed E-state index contributed by atoms with van der Waals surface area (Å²) in [6.07, 6.45) is 1.79. The first-order valence-electron chi connectivity index (χ1n) is 5.24. The molecule has 0 radical (unpaired) electrons. The Balaban J connectivity index is 2.00. The van der Waals surface area contributed by atoms with Crippen molar-refractivity contribution in [2.75, 3.05) is 0 Å². The van der Waals surface area contributed by atoms with Crippen molar-refractivity contribution >= 4 is 27.3 Å². The van der Waals surface area contributed by atoms with Crippen LogP contribution in [0.25, 0.3) is 0 Å². The predicted octanol–water partition coefficient (Wildman–Crippen LogP) is 3.90. The zero-order valence-electron chi connectivity index (χ0n) is 9.28. The lowest BCUT2D eigenvalue weighted by Crippen LogP contribution is -2.18. The van der Waals surface area contributed by atoms with Crippen LogP contribution in [0, 0.1) is 5.82 Å². The fourth-order valence-electron chi connectivity index (χ4n) is 1.48. The van der Waals surface area contributed by atoms with Crippen molar-refractivity contribution in [1.82, 2.24) is 10.3 Å². The van der Waals surface area contributed by atoms with E-state index in [9.17, 15) is 4.39 Å². The molecule has 1 heterocycles. The third-order valence-electron chi connectivity index (χ3n) is 2.45. The molecule has 1 aromatic heterocycles. The van der Waals surface area contributed by atoms with Crippen molar-refractivity contribution in [2.24, 2.45) is 0 Å². The van der Waals surface area contributed by atoms with E-state index in [0.29, 0.717) is 11.0 Å². The lowest BCUT2D eigenvalue weighted by molar-refractivity contribution is 0.564. The molecule has 0 aliphatic heterocycles. The minimum absolute atomic E-state index is 0.171. The van der Waals surface area contributed by atoms with Crippen LogP contribution in [0.5, 0.6) is 0 Å². The van der Waals surface area contributed by atoms with Crippen molar-refractivity contribution in [2.45, 2.75) is 19.5 Å². The van der Waals surface area contributed by atoms with Gasteiger partial charge in [0.2, 0.25) is 0 Å². The van der Waals surface area contributed by atoms with Gasteiger partial charge in [0.15, 0.2) is 0 Å². The standard InChI is InChI=1S/C12H12BrFN2S/c1-8(12-15-5-6-17-12)16-7-9-3-2-4-10(14)11(9)13/h2-6,8,16H,7H2,1H3. The molecule has 1 N–H and O–H groups in total. The highest BCUT2D eigenvalue weighted by Crippen LogP contribution is 2.21. The summed E-state index contributed by atoms with van der Waals surface area (Å²) < 4.78 is 13.8. The highest BCUT2D eigenvalue weighted by Gasteiger charge is 2.09. The Morgan fingerprint density at radius 1 is 1.53 bits per heavy atom. The highest BCUT2D eigenvalue weighted by molar-refractivity contribution is 9.10. The number of thiazole rings is 1. The molecule has 0 amide bonds. The number of aromatic nitrogens is 1. The summed E-state index contributed by atoms with van der Waals surface area (Å²) in [5.41, 5.74) is 0.911. The second-order valence-corrected chi connectivity index (χ2v) is 5.41. The number of hydrogen-bond donors (Lipinski definition) is 1. The first kappa shape index (κ1) is 12.7. The largest absolute Gasteiger partial charge is 0.304 e. The van der Waals surface area contributed by atoms with E-state index in [4.69, 9.17) is 0 Å². The molecule has 0 fully saturated rings. The Labute approximate surface area is 112 Å². The molecule has 2 rings (SSSR count). The molecule has 1 unspecified atom stereocenters. The molecule has 0 spiro atoms. The molecule has 0 saturated heterocycles. The van der Waals surface area contributed by atoms with E-state index in [1.165, 1.54) is 6.07 Å². The van der Waals surface area contributed by atoms with Gasteiger partial charge >= 0.3 is 0 Å². The molecule has 0 saturated carbocycles. The van der Waals surface area contributed by atoms with Crippen molar-refractivity contribution < 1.29 is 4.39 Å². The SMILES string of the molecule is CC(NCc1cccc(F)c1Br)c1nccs1. The Kier molecular flexibility index (Phi) is 4.25. The molecule has 0 bridgehead atoms. The molecule has 0 aliphatic rings. The predicted molar refractivity (Wildman–Crippen MR) is 71.5 cm³/mol. The number of nitrogens with one attached hydrogen (secondary N) is 1. The minimum Gasteiger partial charge on any atom is -0.304 e. The van der Waals surface area contributed by atoms with Crippen molar-refractivity contribution in [3.05, 3.63) is 50.6 Å². The average molecular weight is 315 g/mol. The number of halogens is 2. The first-order valence-corrected chi connectivity index (χ1v) is 6.91. The number of rotatable bonds is 4. The van der Waals surface area contributed by atoms with E-state index in [1.54, 1.807) is 23.6 Å². The van der Waals surface area contributed by atoms with E-state index in [0.717, 1.165) is 10.6 Å². The summed E-state index contributed by atoms with van der Waals surface area (Å²) in [5, 5.41) is 6.31. The Morgan fingerprint density at radius 2 is 2.35 bits per heavy atom. The van der Waals surface area contributed by atoms with E-state index >= 15 is 0 Å². The number of benzene rings is 1. The normalized spacial score (nSPS) is 12.6. The lowest BCUT2D eigenvalue weighted by atomic mass is 10.2. The van der Waals surface area contributed by atoms with Crippen LogP contribution in [-0.2, 0) is 6.54 Å². The highest BCUT2D eigenvalue weighted by atomic mass is 79.9.